The largest absolute Gasteiger partial charge is 0.321 e. The number of hydrogen-bond donors (Lipinski definition) is 1. The number of piperidine rings is 1. The molecule has 2 aromatic rings. The summed E-state index contributed by atoms with van der Waals surface area (Å²) in [7, 11) is -3.51. The molecule has 1 saturated heterocycles. The molecule has 10 heteroatoms. The zero-order chi connectivity index (χ0) is 20.9. The van der Waals surface area contributed by atoms with Crippen LogP contribution in [0.5, 0.6) is 0 Å². The number of sulfonamides is 1. The van der Waals surface area contributed by atoms with E-state index in [1.165, 1.54) is 34.4 Å². The van der Waals surface area contributed by atoms with E-state index in [0.29, 0.717) is 29.7 Å². The first-order valence-electron chi connectivity index (χ1n) is 9.09. The molecule has 0 atom stereocenters. The zero-order valence-electron chi connectivity index (χ0n) is 15.7. The second-order valence-electron chi connectivity index (χ2n) is 6.39. The molecule has 3 rings (SSSR count). The van der Waals surface area contributed by atoms with Crippen molar-refractivity contribution in [2.75, 3.05) is 24.2 Å². The van der Waals surface area contributed by atoms with Gasteiger partial charge in [-0.2, -0.15) is 4.31 Å². The van der Waals surface area contributed by atoms with Crippen LogP contribution in [0, 0.1) is 0 Å². The van der Waals surface area contributed by atoms with E-state index in [1.54, 1.807) is 18.2 Å². The highest BCUT2D eigenvalue weighted by Gasteiger charge is 2.25. The summed E-state index contributed by atoms with van der Waals surface area (Å²) >= 11 is 7.40. The molecule has 0 unspecified atom stereocenters. The Labute approximate surface area is 179 Å². The van der Waals surface area contributed by atoms with Crippen molar-refractivity contribution in [3.63, 3.8) is 0 Å². The van der Waals surface area contributed by atoms with Crippen molar-refractivity contribution in [2.24, 2.45) is 0 Å². The molecule has 1 fully saturated rings. The Balaban J connectivity index is 1.72. The molecule has 2 heterocycles. The first-order chi connectivity index (χ1) is 13.9. The van der Waals surface area contributed by atoms with E-state index in [9.17, 15) is 13.2 Å². The molecule has 1 aliphatic rings. The van der Waals surface area contributed by atoms with Crippen molar-refractivity contribution < 1.29 is 13.2 Å². The number of benzene rings is 1. The molecular formula is C19H21ClN4O3S2. The number of anilines is 1. The quantitative estimate of drug-likeness (QED) is 0.390. The number of carbonyl (C=O) groups is 1. The number of thioether (sulfide) groups is 1. The lowest BCUT2D eigenvalue weighted by atomic mass is 10.2. The van der Waals surface area contributed by atoms with Crippen LogP contribution in [0.25, 0.3) is 0 Å². The Morgan fingerprint density at radius 3 is 2.59 bits per heavy atom. The second kappa shape index (κ2) is 9.71. The summed E-state index contributed by atoms with van der Waals surface area (Å²) in [6.45, 7) is 4.71. The number of nitrogens with one attached hydrogen (secondary N) is 1. The predicted octanol–water partition coefficient (Wildman–Crippen LogP) is 3.84. The third-order valence-electron chi connectivity index (χ3n) is 4.33. The molecule has 0 spiro atoms. The maximum atomic E-state index is 12.7. The minimum Gasteiger partial charge on any atom is -0.321 e. The van der Waals surface area contributed by atoms with Gasteiger partial charge in [-0.1, -0.05) is 35.9 Å². The van der Waals surface area contributed by atoms with Crippen LogP contribution >= 0.6 is 23.4 Å². The van der Waals surface area contributed by atoms with Crippen molar-refractivity contribution in [1.82, 2.24) is 14.3 Å². The van der Waals surface area contributed by atoms with E-state index >= 15 is 0 Å². The highest BCUT2D eigenvalue weighted by molar-refractivity contribution is 7.99. The molecule has 1 N–H and O–H groups in total. The second-order valence-corrected chi connectivity index (χ2v) is 9.72. The van der Waals surface area contributed by atoms with Crippen LogP contribution in [0.3, 0.4) is 0 Å². The maximum Gasteiger partial charge on any atom is 0.275 e. The van der Waals surface area contributed by atoms with Gasteiger partial charge in [0.25, 0.3) is 5.91 Å². The molecule has 1 amide bonds. The van der Waals surface area contributed by atoms with Gasteiger partial charge in [0.1, 0.15) is 0 Å². The van der Waals surface area contributed by atoms with Crippen LogP contribution in [0.1, 0.15) is 29.8 Å². The topological polar surface area (TPSA) is 92.3 Å². The number of nitrogens with zero attached hydrogens (tertiary/aromatic N) is 3. The number of aromatic nitrogens is 2. The number of carbonyl (C=O) groups excluding carboxylic acids is 1. The number of halogens is 1. The SMILES string of the molecule is C=CCSc1ncc(Cl)c(C(=O)Nc2ccc(S(=O)(=O)N3CCCCC3)cc2)n1. The molecule has 1 aliphatic heterocycles. The van der Waals surface area contributed by atoms with Crippen molar-refractivity contribution in [2.45, 2.75) is 29.3 Å². The highest BCUT2D eigenvalue weighted by Crippen LogP contribution is 2.23. The zero-order valence-corrected chi connectivity index (χ0v) is 18.1. The third-order valence-corrected chi connectivity index (χ3v) is 7.38. The Kier molecular flexibility index (Phi) is 7.28. The summed E-state index contributed by atoms with van der Waals surface area (Å²) in [4.78, 5) is 21.0. The molecule has 1 aromatic carbocycles. The molecule has 0 bridgehead atoms. The van der Waals surface area contributed by atoms with Gasteiger partial charge < -0.3 is 5.32 Å². The van der Waals surface area contributed by atoms with E-state index in [1.807, 2.05) is 0 Å². The highest BCUT2D eigenvalue weighted by atomic mass is 35.5. The fraction of sp³-hybridized carbons (Fsp3) is 0.316. The molecule has 0 radical (unpaired) electrons. The lowest BCUT2D eigenvalue weighted by molar-refractivity contribution is 0.102. The van der Waals surface area contributed by atoms with E-state index in [0.717, 1.165) is 19.3 Å². The summed E-state index contributed by atoms with van der Waals surface area (Å²) in [5.41, 5.74) is 0.501. The van der Waals surface area contributed by atoms with Crippen LogP contribution in [0.15, 0.2) is 53.2 Å². The number of amides is 1. The maximum absolute atomic E-state index is 12.7. The Morgan fingerprint density at radius 2 is 1.93 bits per heavy atom. The van der Waals surface area contributed by atoms with Crippen molar-refractivity contribution in [3.05, 3.63) is 53.8 Å². The van der Waals surface area contributed by atoms with Gasteiger partial charge in [-0.25, -0.2) is 18.4 Å². The van der Waals surface area contributed by atoms with Gasteiger partial charge in [-0.05, 0) is 37.1 Å². The molecule has 154 valence electrons. The predicted molar refractivity (Wildman–Crippen MR) is 115 cm³/mol. The lowest BCUT2D eigenvalue weighted by Gasteiger charge is -2.25. The van der Waals surface area contributed by atoms with Crippen LogP contribution in [0.2, 0.25) is 5.02 Å². The van der Waals surface area contributed by atoms with Gasteiger partial charge in [-0.15, -0.1) is 6.58 Å². The molecule has 29 heavy (non-hydrogen) atoms. The average molecular weight is 453 g/mol. The minimum absolute atomic E-state index is 0.0539. The number of rotatable bonds is 7. The fourth-order valence-corrected chi connectivity index (χ4v) is 5.11. The van der Waals surface area contributed by atoms with Gasteiger partial charge >= 0.3 is 0 Å². The van der Waals surface area contributed by atoms with Crippen molar-refractivity contribution in [1.29, 1.82) is 0 Å². The van der Waals surface area contributed by atoms with Crippen LogP contribution < -0.4 is 5.32 Å². The summed E-state index contributed by atoms with van der Waals surface area (Å²) in [5.74, 6) is 0.111. The van der Waals surface area contributed by atoms with Crippen molar-refractivity contribution >= 4 is 45.0 Å². The van der Waals surface area contributed by atoms with Gasteiger partial charge in [0.15, 0.2) is 10.9 Å². The van der Waals surface area contributed by atoms with Crippen LogP contribution in [-0.2, 0) is 10.0 Å². The summed E-state index contributed by atoms with van der Waals surface area (Å²) in [6.07, 6.45) is 5.89. The monoisotopic (exact) mass is 452 g/mol. The average Bonchev–Trinajstić information content (AvgIpc) is 2.74. The van der Waals surface area contributed by atoms with Gasteiger partial charge in [-0.3, -0.25) is 4.79 Å². The van der Waals surface area contributed by atoms with Gasteiger partial charge in [0.05, 0.1) is 16.1 Å². The molecule has 7 nitrogen and oxygen atoms in total. The Hall–Kier alpha value is -1.94. The molecule has 0 saturated carbocycles. The molecular weight excluding hydrogens is 432 g/mol. The van der Waals surface area contributed by atoms with Crippen LogP contribution in [0.4, 0.5) is 5.69 Å². The van der Waals surface area contributed by atoms with Gasteiger partial charge in [0, 0.05) is 24.5 Å². The summed E-state index contributed by atoms with van der Waals surface area (Å²) in [6, 6.07) is 6.09. The normalized spacial score (nSPS) is 15.1. The Bertz CT molecular complexity index is 991. The smallest absolute Gasteiger partial charge is 0.275 e. The van der Waals surface area contributed by atoms with E-state index in [2.05, 4.69) is 21.9 Å². The fourth-order valence-electron chi connectivity index (χ4n) is 2.87. The van der Waals surface area contributed by atoms with E-state index < -0.39 is 15.9 Å². The molecule has 0 aliphatic carbocycles. The van der Waals surface area contributed by atoms with Crippen LogP contribution in [-0.4, -0.2) is 47.4 Å². The minimum atomic E-state index is -3.51. The Morgan fingerprint density at radius 1 is 1.24 bits per heavy atom. The van der Waals surface area contributed by atoms with E-state index in [-0.39, 0.29) is 15.6 Å². The molecule has 1 aromatic heterocycles. The van der Waals surface area contributed by atoms with Crippen molar-refractivity contribution in [3.8, 4) is 0 Å². The first kappa shape index (κ1) is 21.8. The van der Waals surface area contributed by atoms with E-state index in [4.69, 9.17) is 11.6 Å². The first-order valence-corrected chi connectivity index (χ1v) is 11.9. The standard InChI is InChI=1S/C19H21ClN4O3S2/c1-2-12-28-19-21-13-16(20)17(23-19)18(25)22-14-6-8-15(9-7-14)29(26,27)24-10-4-3-5-11-24/h2,6-9,13H,1,3-5,10-12H2,(H,22,25). The summed E-state index contributed by atoms with van der Waals surface area (Å²) in [5, 5.41) is 3.24. The van der Waals surface area contributed by atoms with Gasteiger partial charge in [0.2, 0.25) is 10.0 Å². The third kappa shape index (κ3) is 5.36. The number of hydrogen-bond acceptors (Lipinski definition) is 6. The summed E-state index contributed by atoms with van der Waals surface area (Å²) < 4.78 is 26.9. The lowest BCUT2D eigenvalue weighted by Crippen LogP contribution is -2.35.